The van der Waals surface area contributed by atoms with Crippen LogP contribution in [-0.4, -0.2) is 57.7 Å². The Bertz CT molecular complexity index is 486. The van der Waals surface area contributed by atoms with Crippen molar-refractivity contribution in [1.29, 1.82) is 0 Å². The third-order valence-electron chi connectivity index (χ3n) is 7.09. The van der Waals surface area contributed by atoms with Crippen LogP contribution in [0.5, 0.6) is 0 Å². The Morgan fingerprint density at radius 2 is 1.60 bits per heavy atom. The zero-order chi connectivity index (χ0) is 25.4. The van der Waals surface area contributed by atoms with Gasteiger partial charge in [-0.05, 0) is 44.2 Å². The second-order valence-corrected chi connectivity index (χ2v) is 14.4. The van der Waals surface area contributed by atoms with Crippen LogP contribution in [0.2, 0.25) is 12.1 Å². The molecule has 0 amide bonds. The van der Waals surface area contributed by atoms with Crippen molar-refractivity contribution >= 4 is 25.8 Å². The monoisotopic (exact) mass is 531 g/mol. The van der Waals surface area contributed by atoms with Crippen LogP contribution >= 0.6 is 11.8 Å². The van der Waals surface area contributed by atoms with E-state index in [1.807, 2.05) is 7.11 Å². The molecule has 0 spiro atoms. The van der Waals surface area contributed by atoms with E-state index in [2.05, 4.69) is 18.6 Å². The lowest BCUT2D eigenvalue weighted by molar-refractivity contribution is -0.111. The predicted molar refractivity (Wildman–Crippen MR) is 153 cm³/mol. The van der Waals surface area contributed by atoms with Crippen molar-refractivity contribution in [2.24, 2.45) is 0 Å². The fourth-order valence-corrected chi connectivity index (χ4v) is 9.02. The van der Waals surface area contributed by atoms with Gasteiger partial charge >= 0.3 is 0 Å². The summed E-state index contributed by atoms with van der Waals surface area (Å²) in [6.07, 6.45) is 20.8. The molecule has 35 heavy (non-hydrogen) atoms. The van der Waals surface area contributed by atoms with Crippen LogP contribution in [0.1, 0.15) is 123 Å². The molecule has 1 heterocycles. The van der Waals surface area contributed by atoms with Gasteiger partial charge < -0.3 is 14.3 Å². The highest BCUT2D eigenvalue weighted by Crippen LogP contribution is 2.22. The summed E-state index contributed by atoms with van der Waals surface area (Å²) in [7, 11) is 0.720. The van der Waals surface area contributed by atoms with Crippen molar-refractivity contribution in [3.8, 4) is 0 Å². The molecule has 1 rings (SSSR count). The predicted octanol–water partition coefficient (Wildman–Crippen LogP) is 7.88. The standard InChI is InChI=1S/C28H57NO4SSi/c1-4-6-8-10-11-13-15-22-32-26-33-27-18-16-24-35(29(31-3)21-20-27)25-17-23-34-28(30)19-14-12-9-7-5-2/h27,35H,4-26H2,1-3H3. The minimum atomic E-state index is -1.10. The zero-order valence-electron chi connectivity index (χ0n) is 23.4. The number of rotatable bonds is 22. The van der Waals surface area contributed by atoms with Crippen molar-refractivity contribution in [2.45, 2.75) is 141 Å². The molecule has 0 saturated carbocycles. The largest absolute Gasteiger partial charge is 0.355 e. The molecule has 2 atom stereocenters. The summed E-state index contributed by atoms with van der Waals surface area (Å²) in [4.78, 5) is 17.9. The summed E-state index contributed by atoms with van der Waals surface area (Å²) in [5.74, 6) is 0.969. The number of nitrogens with zero attached hydrogens (tertiary/aromatic N) is 1. The van der Waals surface area contributed by atoms with Gasteiger partial charge in [-0.2, -0.15) is 0 Å². The molecule has 0 aromatic carbocycles. The summed E-state index contributed by atoms with van der Waals surface area (Å²) in [6, 6.07) is 2.50. The highest BCUT2D eigenvalue weighted by atomic mass is 32.2. The maximum absolute atomic E-state index is 12.1. The highest BCUT2D eigenvalue weighted by Gasteiger charge is 2.25. The quantitative estimate of drug-likeness (QED) is 0.0804. The lowest BCUT2D eigenvalue weighted by Gasteiger charge is -2.33. The molecule has 2 unspecified atom stereocenters. The molecule has 1 fully saturated rings. The molecule has 0 bridgehead atoms. The van der Waals surface area contributed by atoms with Crippen molar-refractivity contribution in [2.75, 3.05) is 32.8 Å². The summed E-state index contributed by atoms with van der Waals surface area (Å²) in [5.41, 5.74) is 0. The molecule has 7 heteroatoms. The van der Waals surface area contributed by atoms with Crippen molar-refractivity contribution < 1.29 is 19.1 Å². The Morgan fingerprint density at radius 3 is 2.31 bits per heavy atom. The van der Waals surface area contributed by atoms with Crippen LogP contribution in [0.3, 0.4) is 0 Å². The van der Waals surface area contributed by atoms with Crippen LogP contribution in [0.25, 0.3) is 0 Å². The Balaban J connectivity index is 2.09. The van der Waals surface area contributed by atoms with Crippen LogP contribution < -0.4 is 0 Å². The maximum Gasteiger partial charge on any atom is 0.188 e. The Kier molecular flexibility index (Phi) is 23.1. The van der Waals surface area contributed by atoms with Crippen LogP contribution in [0.4, 0.5) is 0 Å². The number of thioether (sulfide) groups is 1. The summed E-state index contributed by atoms with van der Waals surface area (Å²) >= 11 is 1.56. The summed E-state index contributed by atoms with van der Waals surface area (Å²) in [5, 5.41) is 0.388. The Hall–Kier alpha value is 0.0769. The molecule has 1 aliphatic rings. The number of unbranched alkanes of at least 4 members (excludes halogenated alkanes) is 10. The number of hydrogen-bond acceptors (Lipinski definition) is 6. The molecule has 1 saturated heterocycles. The van der Waals surface area contributed by atoms with Gasteiger partial charge in [-0.25, -0.2) is 4.73 Å². The number of carbonyl (C=O) groups excluding carboxylic acids is 1. The van der Waals surface area contributed by atoms with E-state index in [0.717, 1.165) is 57.4 Å². The smallest absolute Gasteiger partial charge is 0.188 e. The minimum Gasteiger partial charge on any atom is -0.355 e. The number of hydrogen-bond donors (Lipinski definition) is 0. The number of ether oxygens (including phenoxy) is 2. The maximum atomic E-state index is 12.1. The van der Waals surface area contributed by atoms with E-state index in [-0.39, 0.29) is 6.10 Å². The number of carbonyl (C=O) groups is 1. The molecule has 5 nitrogen and oxygen atoms in total. The summed E-state index contributed by atoms with van der Waals surface area (Å²) in [6.45, 7) is 6.70. The minimum absolute atomic E-state index is 0.280. The van der Waals surface area contributed by atoms with E-state index < -0.39 is 8.96 Å². The first kappa shape index (κ1) is 33.1. The molecular weight excluding hydrogens is 474 g/mol. The lowest BCUT2D eigenvalue weighted by Crippen LogP contribution is -2.42. The van der Waals surface area contributed by atoms with Gasteiger partial charge in [0, 0.05) is 25.3 Å². The number of hydroxylamine groups is 1. The van der Waals surface area contributed by atoms with Crippen molar-refractivity contribution in [1.82, 2.24) is 4.73 Å². The van der Waals surface area contributed by atoms with Gasteiger partial charge in [-0.1, -0.05) is 96.2 Å². The molecular formula is C28H57NO4SSi. The molecule has 0 aromatic heterocycles. The van der Waals surface area contributed by atoms with Gasteiger partial charge in [0.05, 0.1) is 13.2 Å². The first-order valence-corrected chi connectivity index (χ1v) is 18.0. The van der Waals surface area contributed by atoms with Gasteiger partial charge in [0.1, 0.15) is 15.8 Å². The average molecular weight is 532 g/mol. The van der Waals surface area contributed by atoms with Crippen molar-refractivity contribution in [3.63, 3.8) is 0 Å². The third-order valence-corrected chi connectivity index (χ3v) is 11.5. The van der Waals surface area contributed by atoms with E-state index in [1.165, 1.54) is 82.7 Å². The first-order chi connectivity index (χ1) is 17.2. The fraction of sp³-hybridized carbons (Fsp3) is 0.964. The zero-order valence-corrected chi connectivity index (χ0v) is 25.4. The van der Waals surface area contributed by atoms with E-state index in [4.69, 9.17) is 14.3 Å². The Labute approximate surface area is 223 Å². The molecule has 1 aliphatic heterocycles. The fourth-order valence-electron chi connectivity index (χ4n) is 4.83. The lowest BCUT2D eigenvalue weighted by atomic mass is 10.1. The van der Waals surface area contributed by atoms with E-state index >= 15 is 0 Å². The molecule has 0 aromatic rings. The third kappa shape index (κ3) is 18.9. The topological polar surface area (TPSA) is 48.0 Å². The van der Waals surface area contributed by atoms with Crippen molar-refractivity contribution in [3.05, 3.63) is 0 Å². The molecule has 208 valence electrons. The van der Waals surface area contributed by atoms with Gasteiger partial charge in [0.2, 0.25) is 0 Å². The SMILES string of the molecule is CCCCCCCCCOCOC1CCC[SiH](CCCSC(=O)CCCCCCC)N(OC)CC1. The van der Waals surface area contributed by atoms with Crippen LogP contribution in [0.15, 0.2) is 0 Å². The average Bonchev–Trinajstić information content (AvgIpc) is 2.85. The van der Waals surface area contributed by atoms with Crippen LogP contribution in [-0.2, 0) is 19.1 Å². The van der Waals surface area contributed by atoms with Gasteiger partial charge in [-0.3, -0.25) is 4.79 Å². The molecule has 0 aliphatic carbocycles. The Morgan fingerprint density at radius 1 is 0.914 bits per heavy atom. The van der Waals surface area contributed by atoms with E-state index in [1.54, 1.807) is 11.8 Å². The summed E-state index contributed by atoms with van der Waals surface area (Å²) < 4.78 is 14.1. The first-order valence-electron chi connectivity index (χ1n) is 14.9. The second kappa shape index (κ2) is 24.4. The van der Waals surface area contributed by atoms with E-state index in [0.29, 0.717) is 11.9 Å². The molecule has 0 radical (unpaired) electrons. The normalized spacial score (nSPS) is 19.5. The van der Waals surface area contributed by atoms with Gasteiger partial charge in [0.25, 0.3) is 0 Å². The second-order valence-electron chi connectivity index (χ2n) is 10.2. The van der Waals surface area contributed by atoms with Crippen LogP contribution in [0, 0.1) is 0 Å². The highest BCUT2D eigenvalue weighted by molar-refractivity contribution is 8.13. The van der Waals surface area contributed by atoms with E-state index in [9.17, 15) is 4.79 Å². The van der Waals surface area contributed by atoms with Gasteiger partial charge in [0.15, 0.2) is 5.12 Å². The molecule has 0 N–H and O–H groups in total. The van der Waals surface area contributed by atoms with Gasteiger partial charge in [-0.15, -0.1) is 0 Å².